The second kappa shape index (κ2) is 10.8. The molecule has 1 aromatic carbocycles. The lowest BCUT2D eigenvalue weighted by Crippen LogP contribution is -2.23. The largest absolute Gasteiger partial charge is 0.497 e. The van der Waals surface area contributed by atoms with E-state index in [1.54, 1.807) is 14.2 Å². The summed E-state index contributed by atoms with van der Waals surface area (Å²) in [6, 6.07) is 10.2. The van der Waals surface area contributed by atoms with Gasteiger partial charge in [0.05, 0.1) is 33.1 Å². The molecule has 0 N–H and O–H groups in total. The monoisotopic (exact) mass is 428 g/mol. The third-order valence-corrected chi connectivity index (χ3v) is 5.64. The van der Waals surface area contributed by atoms with Crippen LogP contribution in [0.25, 0.3) is 0 Å². The molecule has 3 heterocycles. The summed E-state index contributed by atoms with van der Waals surface area (Å²) in [6.07, 6.45) is 4.01. The van der Waals surface area contributed by atoms with E-state index in [0.717, 1.165) is 56.9 Å². The number of fused-ring (bicyclic) bond motifs is 1. The van der Waals surface area contributed by atoms with Crippen molar-refractivity contribution in [3.05, 3.63) is 47.2 Å². The van der Waals surface area contributed by atoms with Crippen molar-refractivity contribution in [3.63, 3.8) is 0 Å². The molecule has 31 heavy (non-hydrogen) atoms. The highest BCUT2D eigenvalue weighted by atomic mass is 16.7. The molecule has 0 saturated carbocycles. The Kier molecular flexibility index (Phi) is 7.61. The van der Waals surface area contributed by atoms with Crippen molar-refractivity contribution >= 4 is 0 Å². The van der Waals surface area contributed by atoms with Crippen LogP contribution in [0.5, 0.6) is 17.4 Å². The van der Waals surface area contributed by atoms with Gasteiger partial charge in [-0.3, -0.25) is 4.90 Å². The van der Waals surface area contributed by atoms with E-state index in [9.17, 15) is 0 Å². The van der Waals surface area contributed by atoms with Crippen LogP contribution in [0, 0.1) is 0 Å². The van der Waals surface area contributed by atoms with Crippen molar-refractivity contribution in [1.29, 1.82) is 0 Å². The number of hydrogen-bond donors (Lipinski definition) is 0. The molecule has 2 aliphatic rings. The van der Waals surface area contributed by atoms with Crippen LogP contribution >= 0.6 is 0 Å². The minimum absolute atomic E-state index is 0.0573. The molecule has 2 aromatic rings. The second-order valence-corrected chi connectivity index (χ2v) is 7.96. The minimum atomic E-state index is -0.0573. The summed E-state index contributed by atoms with van der Waals surface area (Å²) in [5.74, 6) is 2.11. The summed E-state index contributed by atoms with van der Waals surface area (Å²) in [6.45, 7) is 4.45. The smallest absolute Gasteiger partial charge is 0.257 e. The molecule has 4 rings (SSSR count). The average molecular weight is 429 g/mol. The number of rotatable bonds is 10. The first-order valence-corrected chi connectivity index (χ1v) is 11.0. The van der Waals surface area contributed by atoms with Crippen LogP contribution < -0.4 is 14.2 Å². The molecule has 7 nitrogen and oxygen atoms in total. The Morgan fingerprint density at radius 1 is 1.06 bits per heavy atom. The molecule has 7 heteroatoms. The van der Waals surface area contributed by atoms with Crippen LogP contribution in [0.2, 0.25) is 0 Å². The molecular weight excluding hydrogens is 396 g/mol. The lowest BCUT2D eigenvalue weighted by molar-refractivity contribution is -0.163. The van der Waals surface area contributed by atoms with Crippen molar-refractivity contribution in [2.45, 2.75) is 51.6 Å². The zero-order chi connectivity index (χ0) is 21.5. The standard InChI is InChI=1S/C24H32N2O5/c1-27-20-9-7-18(8-10-20)15-26-16-19-14-22(28-2)24(25-21(19)17-26)31-13-5-12-30-23-6-3-4-11-29-23/h7-10,14,23H,3-6,11-13,15-17H2,1-2H3. The molecule has 1 fully saturated rings. The van der Waals surface area contributed by atoms with Crippen LogP contribution in [0.3, 0.4) is 0 Å². The predicted molar refractivity (Wildman–Crippen MR) is 116 cm³/mol. The van der Waals surface area contributed by atoms with Crippen molar-refractivity contribution in [2.75, 3.05) is 34.0 Å². The first-order chi connectivity index (χ1) is 15.2. The van der Waals surface area contributed by atoms with Gasteiger partial charge in [-0.05, 0) is 48.6 Å². The first-order valence-electron chi connectivity index (χ1n) is 11.0. The molecule has 1 aromatic heterocycles. The Morgan fingerprint density at radius 2 is 1.94 bits per heavy atom. The maximum Gasteiger partial charge on any atom is 0.257 e. The van der Waals surface area contributed by atoms with Gasteiger partial charge in [-0.1, -0.05) is 12.1 Å². The summed E-state index contributed by atoms with van der Waals surface area (Å²) in [4.78, 5) is 7.12. The molecule has 0 radical (unpaired) electrons. The third-order valence-electron chi connectivity index (χ3n) is 5.64. The molecule has 0 bridgehead atoms. The summed E-state index contributed by atoms with van der Waals surface area (Å²) < 4.78 is 28.1. The van der Waals surface area contributed by atoms with E-state index in [2.05, 4.69) is 23.1 Å². The summed E-state index contributed by atoms with van der Waals surface area (Å²) in [5.41, 5.74) is 3.49. The fourth-order valence-corrected chi connectivity index (χ4v) is 3.97. The molecule has 1 saturated heterocycles. The van der Waals surface area contributed by atoms with Gasteiger partial charge in [0.1, 0.15) is 5.75 Å². The number of aromatic nitrogens is 1. The number of ether oxygens (including phenoxy) is 5. The van der Waals surface area contributed by atoms with E-state index >= 15 is 0 Å². The van der Waals surface area contributed by atoms with Crippen molar-refractivity contribution in [3.8, 4) is 17.4 Å². The first kappa shape index (κ1) is 21.9. The van der Waals surface area contributed by atoms with E-state index in [1.807, 2.05) is 12.1 Å². The van der Waals surface area contributed by atoms with Gasteiger partial charge in [0.15, 0.2) is 12.0 Å². The molecular formula is C24H32N2O5. The minimum Gasteiger partial charge on any atom is -0.497 e. The molecule has 168 valence electrons. The van der Waals surface area contributed by atoms with E-state index in [-0.39, 0.29) is 6.29 Å². The third kappa shape index (κ3) is 5.87. The van der Waals surface area contributed by atoms with Gasteiger partial charge < -0.3 is 23.7 Å². The quantitative estimate of drug-likeness (QED) is 0.532. The van der Waals surface area contributed by atoms with Gasteiger partial charge in [0.2, 0.25) is 0 Å². The molecule has 2 aliphatic heterocycles. The van der Waals surface area contributed by atoms with Crippen LogP contribution in [-0.4, -0.2) is 50.2 Å². The Balaban J connectivity index is 1.28. The van der Waals surface area contributed by atoms with Crippen LogP contribution in [0.1, 0.15) is 42.5 Å². The number of methoxy groups -OCH3 is 2. The maximum atomic E-state index is 5.93. The number of pyridine rings is 1. The Hall–Kier alpha value is -2.35. The lowest BCUT2D eigenvalue weighted by atomic mass is 10.2. The van der Waals surface area contributed by atoms with E-state index < -0.39 is 0 Å². The Morgan fingerprint density at radius 3 is 2.68 bits per heavy atom. The average Bonchev–Trinajstić information content (AvgIpc) is 3.20. The van der Waals surface area contributed by atoms with E-state index in [1.165, 1.54) is 17.5 Å². The number of nitrogens with zero attached hydrogens (tertiary/aromatic N) is 2. The summed E-state index contributed by atoms with van der Waals surface area (Å²) in [7, 11) is 3.34. The van der Waals surface area contributed by atoms with Crippen molar-refractivity contribution < 1.29 is 23.7 Å². The van der Waals surface area contributed by atoms with Gasteiger partial charge >= 0.3 is 0 Å². The van der Waals surface area contributed by atoms with E-state index in [0.29, 0.717) is 24.8 Å². The van der Waals surface area contributed by atoms with Gasteiger partial charge in [-0.2, -0.15) is 0 Å². The predicted octanol–water partition coefficient (Wildman–Crippen LogP) is 3.93. The van der Waals surface area contributed by atoms with Gasteiger partial charge in [0.25, 0.3) is 5.88 Å². The SMILES string of the molecule is COc1ccc(CN2Cc3cc(OC)c(OCCCOC4CCCCO4)nc3C2)cc1. The van der Waals surface area contributed by atoms with Gasteiger partial charge in [-0.25, -0.2) is 4.98 Å². The van der Waals surface area contributed by atoms with Crippen molar-refractivity contribution in [1.82, 2.24) is 9.88 Å². The maximum absolute atomic E-state index is 5.93. The summed E-state index contributed by atoms with van der Waals surface area (Å²) >= 11 is 0. The van der Waals surface area contributed by atoms with Crippen LogP contribution in [0.15, 0.2) is 30.3 Å². The lowest BCUT2D eigenvalue weighted by Gasteiger charge is -2.22. The number of hydrogen-bond acceptors (Lipinski definition) is 7. The zero-order valence-electron chi connectivity index (χ0n) is 18.5. The molecule has 0 aliphatic carbocycles. The topological polar surface area (TPSA) is 62.3 Å². The Labute approximate surface area is 184 Å². The highest BCUT2D eigenvalue weighted by Gasteiger charge is 2.24. The van der Waals surface area contributed by atoms with Crippen LogP contribution in [-0.2, 0) is 29.1 Å². The van der Waals surface area contributed by atoms with E-state index in [4.69, 9.17) is 28.7 Å². The fraction of sp³-hybridized carbons (Fsp3) is 0.542. The zero-order valence-corrected chi connectivity index (χ0v) is 18.5. The molecule has 0 amide bonds. The van der Waals surface area contributed by atoms with Crippen LogP contribution in [0.4, 0.5) is 0 Å². The normalized spacial score (nSPS) is 18.6. The molecule has 0 spiro atoms. The highest BCUT2D eigenvalue weighted by Crippen LogP contribution is 2.33. The van der Waals surface area contributed by atoms with Gasteiger partial charge in [-0.15, -0.1) is 0 Å². The molecule has 1 unspecified atom stereocenters. The fourth-order valence-electron chi connectivity index (χ4n) is 3.97. The summed E-state index contributed by atoms with van der Waals surface area (Å²) in [5, 5.41) is 0. The van der Waals surface area contributed by atoms with Gasteiger partial charge in [0, 0.05) is 32.7 Å². The van der Waals surface area contributed by atoms with Crippen molar-refractivity contribution in [2.24, 2.45) is 0 Å². The highest BCUT2D eigenvalue weighted by molar-refractivity contribution is 5.41. The Bertz CT molecular complexity index is 837. The second-order valence-electron chi connectivity index (χ2n) is 7.96. The molecule has 1 atom stereocenters. The number of benzene rings is 1.